The summed E-state index contributed by atoms with van der Waals surface area (Å²) in [6.45, 7) is 9.09. The number of rotatable bonds is 5. The molecule has 0 fully saturated rings. The highest BCUT2D eigenvalue weighted by Crippen LogP contribution is 2.17. The number of hydrogen-bond acceptors (Lipinski definition) is 1. The number of halogens is 1. The predicted molar refractivity (Wildman–Crippen MR) is 67.3 cm³/mol. The van der Waals surface area contributed by atoms with Gasteiger partial charge in [0.2, 0.25) is 0 Å². The Balaban J connectivity index is 2.53. The first-order chi connectivity index (χ1) is 7.13. The van der Waals surface area contributed by atoms with Crippen molar-refractivity contribution in [3.8, 4) is 0 Å². The second kappa shape index (κ2) is 5.94. The summed E-state index contributed by atoms with van der Waals surface area (Å²) in [6.07, 6.45) is 1.02. The van der Waals surface area contributed by atoms with Crippen LogP contribution in [0.5, 0.6) is 0 Å². The molecule has 0 amide bonds. The third kappa shape index (κ3) is 4.06. The van der Waals surface area contributed by atoms with Crippen molar-refractivity contribution < 1.29 is 0 Å². The lowest BCUT2D eigenvalue weighted by molar-refractivity contribution is 0.602. The highest BCUT2D eigenvalue weighted by molar-refractivity contribution is 6.30. The van der Waals surface area contributed by atoms with Crippen molar-refractivity contribution in [2.75, 3.05) is 6.54 Å². The van der Waals surface area contributed by atoms with E-state index in [1.165, 1.54) is 11.1 Å². The van der Waals surface area contributed by atoms with Crippen LogP contribution in [-0.4, -0.2) is 6.54 Å². The van der Waals surface area contributed by atoms with Crippen LogP contribution in [0.4, 0.5) is 0 Å². The molecule has 1 N–H and O–H groups in total. The zero-order valence-electron chi connectivity index (χ0n) is 9.39. The number of nitrogens with one attached hydrogen (secondary N) is 1. The van der Waals surface area contributed by atoms with Gasteiger partial charge in [-0.3, -0.25) is 0 Å². The van der Waals surface area contributed by atoms with E-state index in [4.69, 9.17) is 11.6 Å². The van der Waals surface area contributed by atoms with Gasteiger partial charge in [0.05, 0.1) is 0 Å². The van der Waals surface area contributed by atoms with E-state index in [0.717, 1.165) is 18.0 Å². The molecule has 1 nitrogen and oxygen atoms in total. The van der Waals surface area contributed by atoms with Crippen molar-refractivity contribution in [3.05, 3.63) is 47.0 Å². The SMILES string of the molecule is C=C(CC)CN[C@@H](C)c1cccc(Cl)c1. The van der Waals surface area contributed by atoms with Gasteiger partial charge in [-0.05, 0) is 31.0 Å². The number of hydrogen-bond donors (Lipinski definition) is 1. The summed E-state index contributed by atoms with van der Waals surface area (Å²) in [5, 5.41) is 4.21. The summed E-state index contributed by atoms with van der Waals surface area (Å²) < 4.78 is 0. The van der Waals surface area contributed by atoms with Crippen LogP contribution in [0, 0.1) is 0 Å². The molecule has 0 aromatic heterocycles. The van der Waals surface area contributed by atoms with Gasteiger partial charge < -0.3 is 5.32 Å². The van der Waals surface area contributed by atoms with Gasteiger partial charge in [-0.25, -0.2) is 0 Å². The molecule has 0 heterocycles. The van der Waals surface area contributed by atoms with Crippen molar-refractivity contribution in [3.63, 3.8) is 0 Å². The van der Waals surface area contributed by atoms with Crippen LogP contribution in [0.1, 0.15) is 31.9 Å². The minimum absolute atomic E-state index is 0.312. The molecule has 1 atom stereocenters. The first kappa shape index (κ1) is 12.3. The lowest BCUT2D eigenvalue weighted by Gasteiger charge is -2.15. The van der Waals surface area contributed by atoms with Gasteiger partial charge in [0.1, 0.15) is 0 Å². The van der Waals surface area contributed by atoms with Crippen LogP contribution in [-0.2, 0) is 0 Å². The second-order valence-corrected chi connectivity index (χ2v) is 4.20. The molecule has 1 aromatic rings. The third-order valence-corrected chi connectivity index (χ3v) is 2.74. The summed E-state index contributed by atoms with van der Waals surface area (Å²) >= 11 is 5.93. The molecule has 0 saturated heterocycles. The molecule has 2 heteroatoms. The van der Waals surface area contributed by atoms with E-state index in [1.807, 2.05) is 18.2 Å². The van der Waals surface area contributed by atoms with E-state index in [0.29, 0.717) is 6.04 Å². The summed E-state index contributed by atoms with van der Waals surface area (Å²) in [5.41, 5.74) is 2.44. The van der Waals surface area contributed by atoms with Crippen molar-refractivity contribution in [1.29, 1.82) is 0 Å². The van der Waals surface area contributed by atoms with Crippen molar-refractivity contribution in [2.24, 2.45) is 0 Å². The summed E-state index contributed by atoms with van der Waals surface area (Å²) in [6, 6.07) is 8.26. The predicted octanol–water partition coefficient (Wildman–Crippen LogP) is 3.96. The fourth-order valence-corrected chi connectivity index (χ4v) is 1.51. The van der Waals surface area contributed by atoms with Crippen molar-refractivity contribution in [2.45, 2.75) is 26.3 Å². The van der Waals surface area contributed by atoms with E-state index < -0.39 is 0 Å². The van der Waals surface area contributed by atoms with Gasteiger partial charge in [0, 0.05) is 17.6 Å². The molecular formula is C13H18ClN. The Morgan fingerprint density at radius 2 is 2.27 bits per heavy atom. The molecule has 0 saturated carbocycles. The Kier molecular flexibility index (Phi) is 4.86. The molecule has 0 aliphatic rings. The minimum atomic E-state index is 0.312. The van der Waals surface area contributed by atoms with Crippen molar-refractivity contribution in [1.82, 2.24) is 5.32 Å². The molecular weight excluding hydrogens is 206 g/mol. The van der Waals surface area contributed by atoms with Crippen LogP contribution < -0.4 is 5.32 Å². The Morgan fingerprint density at radius 3 is 2.87 bits per heavy atom. The highest BCUT2D eigenvalue weighted by atomic mass is 35.5. The molecule has 15 heavy (non-hydrogen) atoms. The maximum absolute atomic E-state index is 5.93. The van der Waals surface area contributed by atoms with E-state index in [2.05, 4.69) is 31.8 Å². The molecule has 0 aliphatic carbocycles. The standard InChI is InChI=1S/C13H18ClN/c1-4-10(2)9-15-11(3)12-6-5-7-13(14)8-12/h5-8,11,15H,2,4,9H2,1,3H3/t11-/m0/s1. The normalized spacial score (nSPS) is 12.5. The summed E-state index contributed by atoms with van der Waals surface area (Å²) in [4.78, 5) is 0. The Labute approximate surface area is 97.1 Å². The average Bonchev–Trinajstić information content (AvgIpc) is 2.25. The molecule has 0 bridgehead atoms. The van der Waals surface area contributed by atoms with Crippen LogP contribution in [0.3, 0.4) is 0 Å². The highest BCUT2D eigenvalue weighted by Gasteiger charge is 2.04. The van der Waals surface area contributed by atoms with Crippen LogP contribution in [0.25, 0.3) is 0 Å². The second-order valence-electron chi connectivity index (χ2n) is 3.76. The summed E-state index contributed by atoms with van der Waals surface area (Å²) in [5.74, 6) is 0. The Hall–Kier alpha value is -0.790. The van der Waals surface area contributed by atoms with E-state index in [-0.39, 0.29) is 0 Å². The van der Waals surface area contributed by atoms with Crippen molar-refractivity contribution >= 4 is 11.6 Å². The summed E-state index contributed by atoms with van der Waals surface area (Å²) in [7, 11) is 0. The van der Waals surface area contributed by atoms with Gasteiger partial charge in [0.25, 0.3) is 0 Å². The van der Waals surface area contributed by atoms with Gasteiger partial charge in [-0.1, -0.05) is 42.8 Å². The zero-order chi connectivity index (χ0) is 11.3. The fourth-order valence-electron chi connectivity index (χ4n) is 1.32. The van der Waals surface area contributed by atoms with Crippen LogP contribution >= 0.6 is 11.6 Å². The fraction of sp³-hybridized carbons (Fsp3) is 0.385. The van der Waals surface area contributed by atoms with Crippen LogP contribution in [0.2, 0.25) is 5.02 Å². The first-order valence-corrected chi connectivity index (χ1v) is 5.66. The van der Waals surface area contributed by atoms with Crippen LogP contribution in [0.15, 0.2) is 36.4 Å². The Bertz CT molecular complexity index is 333. The molecule has 1 rings (SSSR count). The molecule has 0 unspecified atom stereocenters. The maximum Gasteiger partial charge on any atom is 0.0409 e. The van der Waals surface area contributed by atoms with Gasteiger partial charge >= 0.3 is 0 Å². The Morgan fingerprint density at radius 1 is 1.53 bits per heavy atom. The van der Waals surface area contributed by atoms with Gasteiger partial charge in [-0.15, -0.1) is 0 Å². The lowest BCUT2D eigenvalue weighted by atomic mass is 10.1. The molecule has 82 valence electrons. The average molecular weight is 224 g/mol. The smallest absolute Gasteiger partial charge is 0.0409 e. The first-order valence-electron chi connectivity index (χ1n) is 5.29. The van der Waals surface area contributed by atoms with Gasteiger partial charge in [0.15, 0.2) is 0 Å². The monoisotopic (exact) mass is 223 g/mol. The third-order valence-electron chi connectivity index (χ3n) is 2.51. The van der Waals surface area contributed by atoms with Gasteiger partial charge in [-0.2, -0.15) is 0 Å². The van der Waals surface area contributed by atoms with E-state index in [1.54, 1.807) is 0 Å². The largest absolute Gasteiger partial charge is 0.306 e. The number of benzene rings is 1. The van der Waals surface area contributed by atoms with E-state index in [9.17, 15) is 0 Å². The zero-order valence-corrected chi connectivity index (χ0v) is 10.1. The maximum atomic E-state index is 5.93. The molecule has 1 aromatic carbocycles. The molecule has 0 aliphatic heterocycles. The molecule has 0 spiro atoms. The van der Waals surface area contributed by atoms with E-state index >= 15 is 0 Å². The lowest BCUT2D eigenvalue weighted by Crippen LogP contribution is -2.20. The quantitative estimate of drug-likeness (QED) is 0.746. The minimum Gasteiger partial charge on any atom is -0.306 e. The topological polar surface area (TPSA) is 12.0 Å². The molecule has 0 radical (unpaired) electrons.